The lowest BCUT2D eigenvalue weighted by Gasteiger charge is -2.06. The minimum Gasteiger partial charge on any atom is -0.342 e. The number of nitrogens with zero attached hydrogens (tertiary/aromatic N) is 3. The van der Waals surface area contributed by atoms with Crippen molar-refractivity contribution in [3.8, 4) is 0 Å². The number of benzene rings is 1. The van der Waals surface area contributed by atoms with Gasteiger partial charge in [0.1, 0.15) is 5.52 Å². The van der Waals surface area contributed by atoms with Crippen LogP contribution in [0.25, 0.3) is 11.0 Å². The van der Waals surface area contributed by atoms with Crippen LogP contribution in [0.15, 0.2) is 47.2 Å². The third kappa shape index (κ3) is 2.90. The Bertz CT molecular complexity index is 815. The van der Waals surface area contributed by atoms with Gasteiger partial charge in [-0.3, -0.25) is 14.6 Å². The largest absolute Gasteiger partial charge is 0.342 e. The van der Waals surface area contributed by atoms with Gasteiger partial charge < -0.3 is 10.6 Å². The summed E-state index contributed by atoms with van der Waals surface area (Å²) in [5.74, 6) is -1.56. The maximum Gasteiger partial charge on any atom is 0.313 e. The molecule has 0 aliphatic rings. The summed E-state index contributed by atoms with van der Waals surface area (Å²) in [6, 6.07) is 10.3. The van der Waals surface area contributed by atoms with Crippen LogP contribution >= 0.6 is 0 Å². The lowest BCUT2D eigenvalue weighted by atomic mass is 10.2. The minimum atomic E-state index is -0.800. The van der Waals surface area contributed by atoms with Gasteiger partial charge in [-0.2, -0.15) is 0 Å². The Morgan fingerprint density at radius 3 is 2.77 bits per heavy atom. The number of aromatic nitrogens is 3. The molecule has 2 aromatic heterocycles. The highest BCUT2D eigenvalue weighted by Crippen LogP contribution is 2.19. The molecule has 2 heterocycles. The zero-order chi connectivity index (χ0) is 15.4. The van der Waals surface area contributed by atoms with Crippen molar-refractivity contribution in [3.63, 3.8) is 0 Å². The first kappa shape index (κ1) is 13.7. The van der Waals surface area contributed by atoms with Crippen molar-refractivity contribution >= 4 is 28.5 Å². The van der Waals surface area contributed by atoms with E-state index < -0.39 is 11.8 Å². The smallest absolute Gasteiger partial charge is 0.313 e. The van der Waals surface area contributed by atoms with E-state index in [-0.39, 0.29) is 6.54 Å². The number of carbonyl (C=O) groups is 2. The Labute approximate surface area is 124 Å². The molecule has 0 saturated carbocycles. The molecule has 8 heteroatoms. The van der Waals surface area contributed by atoms with Crippen LogP contribution in [0.2, 0.25) is 0 Å². The first-order chi connectivity index (χ1) is 10.7. The van der Waals surface area contributed by atoms with Gasteiger partial charge in [0.25, 0.3) is 0 Å². The van der Waals surface area contributed by atoms with E-state index in [0.29, 0.717) is 22.4 Å². The maximum atomic E-state index is 11.9. The first-order valence-electron chi connectivity index (χ1n) is 6.44. The highest BCUT2D eigenvalue weighted by molar-refractivity contribution is 6.40. The highest BCUT2D eigenvalue weighted by atomic mass is 16.6. The molecule has 1 aromatic carbocycles. The van der Waals surface area contributed by atoms with Gasteiger partial charge in [-0.05, 0) is 34.6 Å². The number of hydrogen-bond acceptors (Lipinski definition) is 6. The van der Waals surface area contributed by atoms with Crippen LogP contribution in [0.3, 0.4) is 0 Å². The predicted octanol–water partition coefficient (Wildman–Crippen LogP) is 0.873. The molecular formula is C14H11N5O3. The zero-order valence-corrected chi connectivity index (χ0v) is 11.3. The summed E-state index contributed by atoms with van der Waals surface area (Å²) in [5.41, 5.74) is 1.89. The lowest BCUT2D eigenvalue weighted by molar-refractivity contribution is -0.136. The summed E-state index contributed by atoms with van der Waals surface area (Å²) in [6.45, 7) is 0.169. The number of fused-ring (bicyclic) bond motifs is 1. The summed E-state index contributed by atoms with van der Waals surface area (Å²) >= 11 is 0. The monoisotopic (exact) mass is 297 g/mol. The minimum absolute atomic E-state index is 0.169. The molecule has 2 amide bonds. The number of pyridine rings is 1. The Morgan fingerprint density at radius 2 is 1.95 bits per heavy atom. The summed E-state index contributed by atoms with van der Waals surface area (Å²) in [4.78, 5) is 27.7. The molecule has 0 spiro atoms. The van der Waals surface area contributed by atoms with Crippen LogP contribution in [-0.4, -0.2) is 27.1 Å². The van der Waals surface area contributed by atoms with E-state index in [9.17, 15) is 9.59 Å². The van der Waals surface area contributed by atoms with Crippen molar-refractivity contribution in [2.45, 2.75) is 6.54 Å². The van der Waals surface area contributed by atoms with Gasteiger partial charge in [0.2, 0.25) is 0 Å². The van der Waals surface area contributed by atoms with Gasteiger partial charge in [-0.25, -0.2) is 4.63 Å². The first-order valence-corrected chi connectivity index (χ1v) is 6.44. The number of nitrogens with one attached hydrogen (secondary N) is 2. The Hall–Kier alpha value is -3.29. The average Bonchev–Trinajstić information content (AvgIpc) is 3.03. The molecule has 0 aliphatic carbocycles. The van der Waals surface area contributed by atoms with Crippen LogP contribution in [0.5, 0.6) is 0 Å². The molecule has 0 unspecified atom stereocenters. The maximum absolute atomic E-state index is 11.9. The topological polar surface area (TPSA) is 110 Å². The molecule has 0 fully saturated rings. The normalized spacial score (nSPS) is 10.4. The molecule has 0 bridgehead atoms. The number of rotatable bonds is 3. The van der Waals surface area contributed by atoms with Gasteiger partial charge in [-0.1, -0.05) is 12.1 Å². The fourth-order valence-electron chi connectivity index (χ4n) is 1.84. The molecule has 22 heavy (non-hydrogen) atoms. The van der Waals surface area contributed by atoms with E-state index in [0.717, 1.165) is 0 Å². The molecule has 0 radical (unpaired) electrons. The van der Waals surface area contributed by atoms with Crippen molar-refractivity contribution in [2.24, 2.45) is 0 Å². The standard InChI is InChI=1S/C14H11N5O3/c20-13(16-8-9-4-1-2-7-15-9)14(21)17-10-5-3-6-11-12(10)19-22-18-11/h1-7H,8H2,(H,16,20)(H,17,21). The number of carbonyl (C=O) groups excluding carboxylic acids is 2. The highest BCUT2D eigenvalue weighted by Gasteiger charge is 2.16. The van der Waals surface area contributed by atoms with Gasteiger partial charge in [0, 0.05) is 6.20 Å². The zero-order valence-electron chi connectivity index (χ0n) is 11.3. The Balaban J connectivity index is 1.64. The summed E-state index contributed by atoms with van der Waals surface area (Å²) in [5, 5.41) is 12.3. The second-order valence-electron chi connectivity index (χ2n) is 4.40. The fourth-order valence-corrected chi connectivity index (χ4v) is 1.84. The third-order valence-corrected chi connectivity index (χ3v) is 2.90. The van der Waals surface area contributed by atoms with Crippen LogP contribution in [0.4, 0.5) is 5.69 Å². The number of anilines is 1. The van der Waals surface area contributed by atoms with Crippen LogP contribution < -0.4 is 10.6 Å². The number of amides is 2. The molecule has 0 atom stereocenters. The van der Waals surface area contributed by atoms with Crippen molar-refractivity contribution < 1.29 is 14.2 Å². The van der Waals surface area contributed by atoms with Crippen LogP contribution in [0, 0.1) is 0 Å². The Morgan fingerprint density at radius 1 is 1.05 bits per heavy atom. The molecule has 3 aromatic rings. The van der Waals surface area contributed by atoms with Gasteiger partial charge in [0.05, 0.1) is 17.9 Å². The third-order valence-electron chi connectivity index (χ3n) is 2.90. The van der Waals surface area contributed by atoms with Crippen molar-refractivity contribution in [1.29, 1.82) is 0 Å². The number of hydrogen-bond donors (Lipinski definition) is 2. The molecule has 8 nitrogen and oxygen atoms in total. The molecule has 3 rings (SSSR count). The van der Waals surface area contributed by atoms with E-state index in [1.807, 2.05) is 0 Å². The molecular weight excluding hydrogens is 286 g/mol. The van der Waals surface area contributed by atoms with E-state index in [4.69, 9.17) is 0 Å². The second kappa shape index (κ2) is 6.00. The summed E-state index contributed by atoms with van der Waals surface area (Å²) in [7, 11) is 0. The van der Waals surface area contributed by atoms with E-state index in [1.165, 1.54) is 0 Å². The van der Waals surface area contributed by atoms with E-state index in [2.05, 4.69) is 30.6 Å². The van der Waals surface area contributed by atoms with Crippen LogP contribution in [-0.2, 0) is 16.1 Å². The summed E-state index contributed by atoms with van der Waals surface area (Å²) < 4.78 is 4.59. The SMILES string of the molecule is O=C(NCc1ccccn1)C(=O)Nc1cccc2nonc12. The lowest BCUT2D eigenvalue weighted by Crippen LogP contribution is -2.35. The molecule has 110 valence electrons. The van der Waals surface area contributed by atoms with Crippen molar-refractivity contribution in [3.05, 3.63) is 48.3 Å². The van der Waals surface area contributed by atoms with Crippen molar-refractivity contribution in [1.82, 2.24) is 20.6 Å². The summed E-state index contributed by atoms with van der Waals surface area (Å²) in [6.07, 6.45) is 1.61. The van der Waals surface area contributed by atoms with Crippen LogP contribution in [0.1, 0.15) is 5.69 Å². The fraction of sp³-hybridized carbons (Fsp3) is 0.0714. The van der Waals surface area contributed by atoms with Gasteiger partial charge in [0.15, 0.2) is 5.52 Å². The quantitative estimate of drug-likeness (QED) is 0.694. The molecule has 0 saturated heterocycles. The molecule has 0 aliphatic heterocycles. The Kier molecular flexibility index (Phi) is 3.73. The predicted molar refractivity (Wildman–Crippen MR) is 76.5 cm³/mol. The van der Waals surface area contributed by atoms with Crippen molar-refractivity contribution in [2.75, 3.05) is 5.32 Å². The second-order valence-corrected chi connectivity index (χ2v) is 4.40. The van der Waals surface area contributed by atoms with Gasteiger partial charge in [-0.15, -0.1) is 0 Å². The van der Waals surface area contributed by atoms with Gasteiger partial charge >= 0.3 is 11.8 Å². The average molecular weight is 297 g/mol. The van der Waals surface area contributed by atoms with E-state index in [1.54, 1.807) is 42.6 Å². The van der Waals surface area contributed by atoms with E-state index >= 15 is 0 Å². The molecule has 2 N–H and O–H groups in total.